The van der Waals surface area contributed by atoms with Crippen LogP contribution in [0.15, 0.2) is 47.1 Å². The van der Waals surface area contributed by atoms with Gasteiger partial charge in [0.05, 0.1) is 18.3 Å². The van der Waals surface area contributed by atoms with Crippen molar-refractivity contribution in [1.82, 2.24) is 0 Å². The Morgan fingerprint density at radius 1 is 1.11 bits per heavy atom. The molecule has 35 heavy (non-hydrogen) atoms. The van der Waals surface area contributed by atoms with Gasteiger partial charge in [-0.25, -0.2) is 0 Å². The van der Waals surface area contributed by atoms with Crippen LogP contribution in [0.3, 0.4) is 0 Å². The van der Waals surface area contributed by atoms with E-state index in [9.17, 15) is 25.2 Å². The van der Waals surface area contributed by atoms with Crippen molar-refractivity contribution < 1.29 is 25.2 Å². The van der Waals surface area contributed by atoms with Gasteiger partial charge in [0.1, 0.15) is 6.10 Å². The molecule has 3 saturated carbocycles. The van der Waals surface area contributed by atoms with E-state index >= 15 is 0 Å². The molecule has 3 rings (SSSR count). The number of hydrogen-bond donors (Lipinski definition) is 4. The first-order valence-electron chi connectivity index (χ1n) is 13.1. The number of ketones is 1. The van der Waals surface area contributed by atoms with Gasteiger partial charge >= 0.3 is 0 Å². The standard InChI is InChI=1S/C30H46O5/c1-19(11-12-24(33)27(3,4)35)9-8-10-20(2)26-21(32)17-23-28(5)16-14-25(34)30(7,18-31)22(28)13-15-29(23,26)6/h8-12,22-25,31,33-35H,13-18H2,1-7H3/b10-8+,12-11+,19-9+,26-20?/t22-,23+,24-,25+,28+,29+,30-/m1/s1. The van der Waals surface area contributed by atoms with Crippen molar-refractivity contribution in [1.29, 1.82) is 0 Å². The van der Waals surface area contributed by atoms with E-state index in [0.29, 0.717) is 12.8 Å². The Labute approximate surface area is 211 Å². The van der Waals surface area contributed by atoms with Crippen LogP contribution in [0.1, 0.15) is 80.6 Å². The highest BCUT2D eigenvalue weighted by Crippen LogP contribution is 2.69. The van der Waals surface area contributed by atoms with Crippen molar-refractivity contribution in [2.45, 2.75) is 98.4 Å². The lowest BCUT2D eigenvalue weighted by atomic mass is 9.43. The number of rotatable bonds is 6. The minimum atomic E-state index is -1.19. The Morgan fingerprint density at radius 2 is 1.77 bits per heavy atom. The largest absolute Gasteiger partial charge is 0.396 e. The molecule has 7 atom stereocenters. The third-order valence-electron chi connectivity index (χ3n) is 9.77. The van der Waals surface area contributed by atoms with Crippen molar-refractivity contribution in [3.63, 3.8) is 0 Å². The van der Waals surface area contributed by atoms with Crippen molar-refractivity contribution in [2.24, 2.45) is 28.1 Å². The number of aliphatic hydroxyl groups excluding tert-OH is 3. The summed E-state index contributed by atoms with van der Waals surface area (Å²) >= 11 is 0. The van der Waals surface area contributed by atoms with Gasteiger partial charge in [0.25, 0.3) is 0 Å². The van der Waals surface area contributed by atoms with E-state index in [1.54, 1.807) is 26.0 Å². The van der Waals surface area contributed by atoms with Gasteiger partial charge in [-0.05, 0) is 76.2 Å². The van der Waals surface area contributed by atoms with Crippen LogP contribution in [0.2, 0.25) is 0 Å². The molecule has 0 amide bonds. The number of carbonyl (C=O) groups is 1. The fourth-order valence-corrected chi connectivity index (χ4v) is 7.57. The SMILES string of the molecule is CC(/C=C/C=C(C)/C=C/[C@@H](O)C(C)(C)O)=C1C(=O)C[C@H]2[C@@]3(C)CC[C@H](O)[C@](C)(CO)[C@@H]3CC[C@]12C. The Morgan fingerprint density at radius 3 is 2.37 bits per heavy atom. The second kappa shape index (κ2) is 9.74. The topological polar surface area (TPSA) is 98.0 Å². The number of hydrogen-bond acceptors (Lipinski definition) is 5. The molecule has 0 aromatic carbocycles. The van der Waals surface area contributed by atoms with Gasteiger partial charge in [0, 0.05) is 22.8 Å². The van der Waals surface area contributed by atoms with E-state index in [1.165, 1.54) is 0 Å². The summed E-state index contributed by atoms with van der Waals surface area (Å²) in [5, 5.41) is 40.8. The summed E-state index contributed by atoms with van der Waals surface area (Å²) < 4.78 is 0. The molecule has 3 aliphatic carbocycles. The average Bonchev–Trinajstić information content (AvgIpc) is 3.05. The van der Waals surface area contributed by atoms with Crippen LogP contribution in [-0.4, -0.2) is 50.6 Å². The molecule has 3 fully saturated rings. The number of carbonyl (C=O) groups excluding carboxylic acids is 1. The van der Waals surface area contributed by atoms with E-state index in [4.69, 9.17) is 0 Å². The minimum Gasteiger partial charge on any atom is -0.396 e. The normalized spacial score (nSPS) is 40.8. The van der Waals surface area contributed by atoms with E-state index in [1.807, 2.05) is 39.0 Å². The lowest BCUT2D eigenvalue weighted by molar-refractivity contribution is -0.178. The second-order valence-electron chi connectivity index (χ2n) is 12.7. The predicted molar refractivity (Wildman–Crippen MR) is 140 cm³/mol. The smallest absolute Gasteiger partial charge is 0.160 e. The summed E-state index contributed by atoms with van der Waals surface area (Å²) in [6, 6.07) is 0. The average molecular weight is 487 g/mol. The van der Waals surface area contributed by atoms with Crippen LogP contribution >= 0.6 is 0 Å². The Bertz CT molecular complexity index is 950. The first-order chi connectivity index (χ1) is 16.1. The van der Waals surface area contributed by atoms with E-state index in [-0.39, 0.29) is 35.1 Å². The summed E-state index contributed by atoms with van der Waals surface area (Å²) in [4.78, 5) is 13.4. The summed E-state index contributed by atoms with van der Waals surface area (Å²) in [5.74, 6) is 0.634. The third kappa shape index (κ3) is 4.90. The van der Waals surface area contributed by atoms with Gasteiger partial charge in [0.2, 0.25) is 0 Å². The molecule has 0 bridgehead atoms. The molecule has 0 unspecified atom stereocenters. The first-order valence-corrected chi connectivity index (χ1v) is 13.1. The van der Waals surface area contributed by atoms with Gasteiger partial charge < -0.3 is 20.4 Å². The monoisotopic (exact) mass is 486 g/mol. The molecular weight excluding hydrogens is 440 g/mol. The lowest BCUT2D eigenvalue weighted by Crippen LogP contribution is -2.59. The second-order valence-corrected chi connectivity index (χ2v) is 12.7. The van der Waals surface area contributed by atoms with Crippen LogP contribution in [-0.2, 0) is 4.79 Å². The third-order valence-corrected chi connectivity index (χ3v) is 9.77. The molecule has 196 valence electrons. The number of allylic oxidation sites excluding steroid dienone is 7. The molecule has 0 aromatic rings. The van der Waals surface area contributed by atoms with E-state index in [2.05, 4.69) is 13.8 Å². The van der Waals surface area contributed by atoms with Gasteiger partial charge in [-0.2, -0.15) is 0 Å². The van der Waals surface area contributed by atoms with Crippen molar-refractivity contribution in [2.75, 3.05) is 6.61 Å². The summed E-state index contributed by atoms with van der Waals surface area (Å²) in [7, 11) is 0. The zero-order chi connectivity index (χ0) is 26.4. The van der Waals surface area contributed by atoms with Crippen molar-refractivity contribution in [3.8, 4) is 0 Å². The highest BCUT2D eigenvalue weighted by Gasteiger charge is 2.65. The highest BCUT2D eigenvalue weighted by molar-refractivity contribution is 6.00. The van der Waals surface area contributed by atoms with Crippen LogP contribution in [0.4, 0.5) is 0 Å². The van der Waals surface area contributed by atoms with Crippen LogP contribution in [0.25, 0.3) is 0 Å². The Hall–Kier alpha value is -1.53. The molecular formula is C30H46O5. The molecule has 0 heterocycles. The van der Waals surface area contributed by atoms with Gasteiger partial charge in [0.15, 0.2) is 5.78 Å². The number of aliphatic hydroxyl groups is 4. The van der Waals surface area contributed by atoms with Gasteiger partial charge in [-0.1, -0.05) is 56.7 Å². The Kier molecular flexibility index (Phi) is 7.80. The minimum absolute atomic E-state index is 0.0246. The van der Waals surface area contributed by atoms with Crippen molar-refractivity contribution in [3.05, 3.63) is 47.1 Å². The predicted octanol–water partition coefficient (Wildman–Crippen LogP) is 4.66. The molecule has 0 saturated heterocycles. The van der Waals surface area contributed by atoms with E-state index < -0.39 is 23.2 Å². The molecule has 0 aliphatic heterocycles. The molecule has 3 aliphatic rings. The summed E-state index contributed by atoms with van der Waals surface area (Å²) in [6.45, 7) is 13.6. The van der Waals surface area contributed by atoms with Gasteiger partial charge in [-0.15, -0.1) is 0 Å². The summed E-state index contributed by atoms with van der Waals surface area (Å²) in [6.07, 6.45) is 11.7. The fourth-order valence-electron chi connectivity index (χ4n) is 7.57. The maximum Gasteiger partial charge on any atom is 0.160 e. The summed E-state index contributed by atoms with van der Waals surface area (Å²) in [5.41, 5.74) is 0.859. The first kappa shape index (κ1) is 28.0. The lowest BCUT2D eigenvalue weighted by Gasteiger charge is -2.62. The van der Waals surface area contributed by atoms with Crippen LogP contribution in [0, 0.1) is 28.1 Å². The maximum atomic E-state index is 13.4. The molecule has 4 N–H and O–H groups in total. The van der Waals surface area contributed by atoms with Crippen LogP contribution in [0.5, 0.6) is 0 Å². The van der Waals surface area contributed by atoms with E-state index in [0.717, 1.165) is 36.0 Å². The zero-order valence-electron chi connectivity index (χ0n) is 22.6. The number of fused-ring (bicyclic) bond motifs is 3. The van der Waals surface area contributed by atoms with Gasteiger partial charge in [-0.3, -0.25) is 4.79 Å². The molecule has 0 radical (unpaired) electrons. The molecule has 5 nitrogen and oxygen atoms in total. The quantitative estimate of drug-likeness (QED) is 0.323. The number of Topliss-reactive ketones (excluding diaryl/α,β-unsaturated/α-hetero) is 1. The Balaban J connectivity index is 1.87. The molecule has 5 heteroatoms. The van der Waals surface area contributed by atoms with Crippen molar-refractivity contribution >= 4 is 5.78 Å². The van der Waals surface area contributed by atoms with Crippen LogP contribution < -0.4 is 0 Å². The molecule has 0 spiro atoms. The maximum absolute atomic E-state index is 13.4. The highest BCUT2D eigenvalue weighted by atomic mass is 16.3. The fraction of sp³-hybridized carbons (Fsp3) is 0.700. The zero-order valence-corrected chi connectivity index (χ0v) is 22.6. The molecule has 0 aromatic heterocycles.